The maximum Gasteiger partial charge on any atom is 0.340 e. The van der Waals surface area contributed by atoms with E-state index in [2.05, 4.69) is 0 Å². The summed E-state index contributed by atoms with van der Waals surface area (Å²) in [6, 6.07) is 4.58. The van der Waals surface area contributed by atoms with Gasteiger partial charge in [-0.15, -0.1) is 0 Å². The van der Waals surface area contributed by atoms with Crippen molar-refractivity contribution in [3.63, 3.8) is 0 Å². The van der Waals surface area contributed by atoms with E-state index in [1.54, 1.807) is 13.0 Å². The molecule has 4 heteroatoms. The Bertz CT molecular complexity index is 404. The van der Waals surface area contributed by atoms with Crippen LogP contribution in [0.1, 0.15) is 21.5 Å². The zero-order chi connectivity index (χ0) is 10.0. The molecule has 13 heavy (non-hydrogen) atoms. The predicted octanol–water partition coefficient (Wildman–Crippen LogP) is 1.27. The second-order valence-corrected chi connectivity index (χ2v) is 2.57. The van der Waals surface area contributed by atoms with Crippen molar-refractivity contribution >= 4 is 5.97 Å². The summed E-state index contributed by atoms with van der Waals surface area (Å²) in [5.74, 6) is -1.63. The molecule has 0 saturated carbocycles. The highest BCUT2D eigenvalue weighted by Crippen LogP contribution is 2.24. The topological polar surface area (TPSA) is 81.3 Å². The van der Waals surface area contributed by atoms with E-state index in [0.717, 1.165) is 0 Å². The van der Waals surface area contributed by atoms with Crippen LogP contribution in [0.25, 0.3) is 0 Å². The molecule has 0 atom stereocenters. The van der Waals surface area contributed by atoms with Gasteiger partial charge in [0.05, 0.1) is 5.56 Å². The normalized spacial score (nSPS) is 9.23. The van der Waals surface area contributed by atoms with Gasteiger partial charge in [-0.2, -0.15) is 5.26 Å². The molecular formula is C9H7NO3. The molecule has 0 spiro atoms. The number of nitrogens with zero attached hydrogens (tertiary/aromatic N) is 1. The van der Waals surface area contributed by atoms with Crippen molar-refractivity contribution in [1.82, 2.24) is 0 Å². The summed E-state index contributed by atoms with van der Waals surface area (Å²) < 4.78 is 0. The summed E-state index contributed by atoms with van der Waals surface area (Å²) in [7, 11) is 0. The van der Waals surface area contributed by atoms with Crippen LogP contribution in [0.5, 0.6) is 5.75 Å². The lowest BCUT2D eigenvalue weighted by atomic mass is 10.0. The lowest BCUT2D eigenvalue weighted by Crippen LogP contribution is -2.01. The first-order valence-corrected chi connectivity index (χ1v) is 3.54. The monoisotopic (exact) mass is 177 g/mol. The Morgan fingerprint density at radius 1 is 1.54 bits per heavy atom. The standard InChI is InChI=1S/C9H7NO3/c1-5-2-3-6(4-10)7(8(5)11)9(12)13/h2-3,11H,1H3,(H,12,13). The van der Waals surface area contributed by atoms with Crippen molar-refractivity contribution in [3.8, 4) is 11.8 Å². The minimum absolute atomic E-state index is 0.0319. The fourth-order valence-electron chi connectivity index (χ4n) is 1.00. The molecule has 2 N–H and O–H groups in total. The van der Waals surface area contributed by atoms with E-state index in [0.29, 0.717) is 5.56 Å². The number of carboxylic acids is 1. The van der Waals surface area contributed by atoms with Crippen LogP contribution in [0.15, 0.2) is 12.1 Å². The number of rotatable bonds is 1. The van der Waals surface area contributed by atoms with Gasteiger partial charge in [0.2, 0.25) is 0 Å². The van der Waals surface area contributed by atoms with E-state index in [1.165, 1.54) is 12.1 Å². The SMILES string of the molecule is Cc1ccc(C#N)c(C(=O)O)c1O. The van der Waals surface area contributed by atoms with Gasteiger partial charge in [-0.05, 0) is 18.6 Å². The van der Waals surface area contributed by atoms with Gasteiger partial charge in [0.1, 0.15) is 17.4 Å². The van der Waals surface area contributed by atoms with Crippen LogP contribution >= 0.6 is 0 Å². The highest BCUT2D eigenvalue weighted by atomic mass is 16.4. The van der Waals surface area contributed by atoms with Gasteiger partial charge in [0.15, 0.2) is 0 Å². The number of aromatic hydroxyl groups is 1. The molecule has 1 aromatic rings. The lowest BCUT2D eigenvalue weighted by Gasteiger charge is -2.03. The number of aromatic carboxylic acids is 1. The Balaban J connectivity index is 3.53. The van der Waals surface area contributed by atoms with Crippen molar-refractivity contribution < 1.29 is 15.0 Å². The Morgan fingerprint density at radius 3 is 2.62 bits per heavy atom. The molecule has 0 amide bonds. The number of carbonyl (C=O) groups is 1. The highest BCUT2D eigenvalue weighted by Gasteiger charge is 2.16. The van der Waals surface area contributed by atoms with Crippen molar-refractivity contribution in [2.75, 3.05) is 0 Å². The molecule has 4 nitrogen and oxygen atoms in total. The van der Waals surface area contributed by atoms with E-state index in [-0.39, 0.29) is 16.9 Å². The van der Waals surface area contributed by atoms with E-state index < -0.39 is 5.97 Å². The number of benzene rings is 1. The van der Waals surface area contributed by atoms with Gasteiger partial charge in [-0.1, -0.05) is 6.07 Å². The predicted molar refractivity (Wildman–Crippen MR) is 44.5 cm³/mol. The first-order chi connectivity index (χ1) is 6.07. The van der Waals surface area contributed by atoms with Crippen LogP contribution in [0, 0.1) is 18.3 Å². The summed E-state index contributed by atoms with van der Waals surface area (Å²) in [6.45, 7) is 1.57. The molecule has 0 aliphatic heterocycles. The maximum atomic E-state index is 10.6. The fraction of sp³-hybridized carbons (Fsp3) is 0.111. The molecular weight excluding hydrogens is 170 g/mol. The van der Waals surface area contributed by atoms with Gasteiger partial charge in [0, 0.05) is 0 Å². The van der Waals surface area contributed by atoms with Gasteiger partial charge in [-0.25, -0.2) is 4.79 Å². The molecule has 1 rings (SSSR count). The average molecular weight is 177 g/mol. The molecule has 0 aromatic heterocycles. The number of hydrogen-bond donors (Lipinski definition) is 2. The van der Waals surface area contributed by atoms with Crippen molar-refractivity contribution in [1.29, 1.82) is 5.26 Å². The highest BCUT2D eigenvalue weighted by molar-refractivity contribution is 5.94. The number of hydrogen-bond acceptors (Lipinski definition) is 3. The van der Waals surface area contributed by atoms with Crippen molar-refractivity contribution in [2.45, 2.75) is 6.92 Å². The molecule has 1 aromatic carbocycles. The van der Waals surface area contributed by atoms with Gasteiger partial charge in [-0.3, -0.25) is 0 Å². The Hall–Kier alpha value is -2.02. The minimum Gasteiger partial charge on any atom is -0.507 e. The Labute approximate surface area is 74.7 Å². The summed E-state index contributed by atoms with van der Waals surface area (Å²) in [4.78, 5) is 10.6. The van der Waals surface area contributed by atoms with Crippen LogP contribution in [-0.2, 0) is 0 Å². The van der Waals surface area contributed by atoms with E-state index in [1.807, 2.05) is 0 Å². The van der Waals surface area contributed by atoms with Crippen LogP contribution in [0.4, 0.5) is 0 Å². The number of nitriles is 1. The molecule has 0 unspecified atom stereocenters. The summed E-state index contributed by atoms with van der Waals surface area (Å²) >= 11 is 0. The van der Waals surface area contributed by atoms with E-state index in [9.17, 15) is 9.90 Å². The molecule has 0 aliphatic rings. The summed E-state index contributed by atoms with van der Waals surface area (Å²) in [5.41, 5.74) is 0.0782. The van der Waals surface area contributed by atoms with Crippen LogP contribution in [0.2, 0.25) is 0 Å². The van der Waals surface area contributed by atoms with E-state index >= 15 is 0 Å². The average Bonchev–Trinajstić information content (AvgIpc) is 2.08. The van der Waals surface area contributed by atoms with Crippen LogP contribution in [0.3, 0.4) is 0 Å². The lowest BCUT2D eigenvalue weighted by molar-refractivity contribution is 0.0693. The van der Waals surface area contributed by atoms with E-state index in [4.69, 9.17) is 10.4 Å². The quantitative estimate of drug-likeness (QED) is 0.676. The molecule has 66 valence electrons. The summed E-state index contributed by atoms with van der Waals surface area (Å²) in [6.07, 6.45) is 0. The van der Waals surface area contributed by atoms with Crippen LogP contribution in [-0.4, -0.2) is 16.2 Å². The van der Waals surface area contributed by atoms with Gasteiger partial charge >= 0.3 is 5.97 Å². The molecule has 0 fully saturated rings. The molecule has 0 radical (unpaired) electrons. The zero-order valence-electron chi connectivity index (χ0n) is 6.90. The first-order valence-electron chi connectivity index (χ1n) is 3.54. The third-order valence-electron chi connectivity index (χ3n) is 1.71. The molecule has 0 heterocycles. The number of aryl methyl sites for hydroxylation is 1. The smallest absolute Gasteiger partial charge is 0.340 e. The minimum atomic E-state index is -1.29. The molecule has 0 aliphatic carbocycles. The van der Waals surface area contributed by atoms with Gasteiger partial charge < -0.3 is 10.2 Å². The Kier molecular flexibility index (Phi) is 2.20. The van der Waals surface area contributed by atoms with Gasteiger partial charge in [0.25, 0.3) is 0 Å². The number of carboxylic acid groups (broad SMARTS) is 1. The fourth-order valence-corrected chi connectivity index (χ4v) is 1.00. The van der Waals surface area contributed by atoms with Crippen molar-refractivity contribution in [2.24, 2.45) is 0 Å². The van der Waals surface area contributed by atoms with Crippen molar-refractivity contribution in [3.05, 3.63) is 28.8 Å². The third kappa shape index (κ3) is 1.44. The largest absolute Gasteiger partial charge is 0.507 e. The summed E-state index contributed by atoms with van der Waals surface area (Å²) in [5, 5.41) is 26.6. The second kappa shape index (κ2) is 3.15. The second-order valence-electron chi connectivity index (χ2n) is 2.57. The first kappa shape index (κ1) is 9.07. The Morgan fingerprint density at radius 2 is 2.15 bits per heavy atom. The van der Waals surface area contributed by atoms with Crippen LogP contribution < -0.4 is 0 Å². The molecule has 0 bridgehead atoms. The maximum absolute atomic E-state index is 10.6. The third-order valence-corrected chi connectivity index (χ3v) is 1.71. The molecule has 0 saturated heterocycles. The zero-order valence-corrected chi connectivity index (χ0v) is 6.90. The number of phenols is 1.